The summed E-state index contributed by atoms with van der Waals surface area (Å²) in [6.45, 7) is 1.86. The van der Waals surface area contributed by atoms with E-state index in [2.05, 4.69) is 10.3 Å². The van der Waals surface area contributed by atoms with Gasteiger partial charge in [0.15, 0.2) is 0 Å². The monoisotopic (exact) mass is 329 g/mol. The van der Waals surface area contributed by atoms with Crippen molar-refractivity contribution in [2.45, 2.75) is 25.5 Å². The van der Waals surface area contributed by atoms with E-state index in [0.29, 0.717) is 13.1 Å². The van der Waals surface area contributed by atoms with E-state index in [1.165, 1.54) is 0 Å². The molecule has 1 aliphatic heterocycles. The average Bonchev–Trinajstić information content (AvgIpc) is 3.13. The molecule has 1 saturated heterocycles. The second kappa shape index (κ2) is 7.49. The zero-order valence-electron chi connectivity index (χ0n) is 14.1. The number of hydrogen-bond acceptors (Lipinski definition) is 4. The van der Waals surface area contributed by atoms with Crippen molar-refractivity contribution in [3.63, 3.8) is 0 Å². The number of methoxy groups -OCH3 is 1. The molecule has 3 rings (SSSR count). The van der Waals surface area contributed by atoms with Crippen molar-refractivity contribution in [2.75, 3.05) is 27.3 Å². The Morgan fingerprint density at radius 2 is 2.33 bits per heavy atom. The van der Waals surface area contributed by atoms with Crippen LogP contribution < -0.4 is 10.1 Å². The minimum atomic E-state index is -0.0987. The molecule has 0 radical (unpaired) electrons. The Labute approximate surface area is 141 Å². The third-order valence-electron chi connectivity index (χ3n) is 4.30. The maximum Gasteiger partial charge on any atom is 0.317 e. The number of rotatable bonds is 5. The molecule has 6 nitrogen and oxygen atoms in total. The predicted molar refractivity (Wildman–Crippen MR) is 92.1 cm³/mol. The molecule has 2 aromatic rings. The summed E-state index contributed by atoms with van der Waals surface area (Å²) in [5.41, 5.74) is 1.85. The summed E-state index contributed by atoms with van der Waals surface area (Å²) in [6, 6.07) is 7.66. The molecule has 128 valence electrons. The first-order valence-electron chi connectivity index (χ1n) is 8.20. The Hall–Kier alpha value is -2.34. The van der Waals surface area contributed by atoms with Crippen molar-refractivity contribution in [1.82, 2.24) is 15.2 Å². The largest absolute Gasteiger partial charge is 0.494 e. The molecule has 0 bridgehead atoms. The van der Waals surface area contributed by atoms with E-state index in [4.69, 9.17) is 9.47 Å². The lowest BCUT2D eigenvalue weighted by Gasteiger charge is -2.20. The molecule has 0 spiro atoms. The second-order valence-corrected chi connectivity index (χ2v) is 6.00. The average molecular weight is 329 g/mol. The number of ether oxygens (including phenoxy) is 2. The molecule has 1 N–H and O–H groups in total. The van der Waals surface area contributed by atoms with Gasteiger partial charge in [0.05, 0.1) is 13.2 Å². The van der Waals surface area contributed by atoms with Crippen LogP contribution in [0.5, 0.6) is 5.75 Å². The zero-order valence-corrected chi connectivity index (χ0v) is 14.1. The smallest absolute Gasteiger partial charge is 0.317 e. The van der Waals surface area contributed by atoms with Gasteiger partial charge in [-0.2, -0.15) is 0 Å². The molecule has 1 atom stereocenters. The van der Waals surface area contributed by atoms with E-state index >= 15 is 0 Å². The third-order valence-corrected chi connectivity index (χ3v) is 4.30. The lowest BCUT2D eigenvalue weighted by molar-refractivity contribution is 0.109. The van der Waals surface area contributed by atoms with Gasteiger partial charge in [-0.05, 0) is 30.5 Å². The van der Waals surface area contributed by atoms with Gasteiger partial charge in [0.1, 0.15) is 11.3 Å². The Morgan fingerprint density at radius 3 is 3.08 bits per heavy atom. The number of nitrogens with zero attached hydrogens (tertiary/aromatic N) is 2. The van der Waals surface area contributed by atoms with E-state index < -0.39 is 0 Å². The van der Waals surface area contributed by atoms with E-state index in [0.717, 1.165) is 41.7 Å². The minimum absolute atomic E-state index is 0.0987. The molecule has 1 aromatic heterocycles. The number of nitrogens with one attached hydrogen (secondary N) is 1. The van der Waals surface area contributed by atoms with Gasteiger partial charge in [-0.1, -0.05) is 12.1 Å². The molecule has 1 aliphatic rings. The maximum absolute atomic E-state index is 12.3. The first-order chi connectivity index (χ1) is 11.7. The molecule has 0 saturated carbocycles. The maximum atomic E-state index is 12.3. The van der Waals surface area contributed by atoms with Crippen molar-refractivity contribution in [3.8, 4) is 5.75 Å². The topological polar surface area (TPSA) is 63.7 Å². The quantitative estimate of drug-likeness (QED) is 0.916. The van der Waals surface area contributed by atoms with Crippen molar-refractivity contribution in [2.24, 2.45) is 0 Å². The number of carbonyl (C=O) groups excluding carboxylic acids is 1. The van der Waals surface area contributed by atoms with Gasteiger partial charge in [0, 0.05) is 38.3 Å². The summed E-state index contributed by atoms with van der Waals surface area (Å²) in [5, 5.41) is 3.93. The fourth-order valence-corrected chi connectivity index (χ4v) is 2.98. The van der Waals surface area contributed by atoms with Gasteiger partial charge >= 0.3 is 6.03 Å². The Bertz CT molecular complexity index is 714. The second-order valence-electron chi connectivity index (χ2n) is 6.00. The highest BCUT2D eigenvalue weighted by molar-refractivity contribution is 5.87. The molecular formula is C18H23N3O3. The summed E-state index contributed by atoms with van der Waals surface area (Å²) >= 11 is 0. The van der Waals surface area contributed by atoms with Crippen molar-refractivity contribution >= 4 is 16.9 Å². The van der Waals surface area contributed by atoms with Crippen LogP contribution in [0.25, 0.3) is 10.9 Å². The van der Waals surface area contributed by atoms with E-state index in [1.54, 1.807) is 25.3 Å². The number of aromatic nitrogens is 1. The first kappa shape index (κ1) is 16.5. The van der Waals surface area contributed by atoms with Crippen LogP contribution in [0, 0.1) is 0 Å². The van der Waals surface area contributed by atoms with Gasteiger partial charge < -0.3 is 19.7 Å². The predicted octanol–water partition coefficient (Wildman–Crippen LogP) is 2.56. The fourth-order valence-electron chi connectivity index (χ4n) is 2.98. The highest BCUT2D eigenvalue weighted by atomic mass is 16.5. The number of urea groups is 1. The molecule has 1 fully saturated rings. The Balaban J connectivity index is 1.68. The number of hydrogen-bond donors (Lipinski definition) is 1. The number of benzene rings is 1. The highest BCUT2D eigenvalue weighted by Gasteiger charge is 2.18. The zero-order chi connectivity index (χ0) is 16.9. The van der Waals surface area contributed by atoms with Crippen LogP contribution in [-0.2, 0) is 11.3 Å². The van der Waals surface area contributed by atoms with Gasteiger partial charge in [0.25, 0.3) is 0 Å². The Kier molecular flexibility index (Phi) is 5.15. The van der Waals surface area contributed by atoms with E-state index in [9.17, 15) is 4.79 Å². The molecule has 6 heteroatoms. The van der Waals surface area contributed by atoms with E-state index in [-0.39, 0.29) is 12.1 Å². The summed E-state index contributed by atoms with van der Waals surface area (Å²) in [5.74, 6) is 0.736. The fraction of sp³-hybridized carbons (Fsp3) is 0.444. The lowest BCUT2D eigenvalue weighted by Crippen LogP contribution is -2.40. The highest BCUT2D eigenvalue weighted by Crippen LogP contribution is 2.27. The van der Waals surface area contributed by atoms with Gasteiger partial charge in [-0.3, -0.25) is 4.98 Å². The summed E-state index contributed by atoms with van der Waals surface area (Å²) < 4.78 is 10.9. The van der Waals surface area contributed by atoms with Crippen molar-refractivity contribution < 1.29 is 14.3 Å². The van der Waals surface area contributed by atoms with Gasteiger partial charge in [-0.25, -0.2) is 4.79 Å². The SMILES string of the molecule is COc1ccc(CN(C)C(=O)NCC2CCCO2)c2cccnc12. The van der Waals surface area contributed by atoms with Crippen LogP contribution in [0.4, 0.5) is 4.79 Å². The van der Waals surface area contributed by atoms with Crippen LogP contribution in [0.3, 0.4) is 0 Å². The first-order valence-corrected chi connectivity index (χ1v) is 8.20. The summed E-state index contributed by atoms with van der Waals surface area (Å²) in [7, 11) is 3.42. The van der Waals surface area contributed by atoms with Crippen LogP contribution in [0.2, 0.25) is 0 Å². The van der Waals surface area contributed by atoms with Crippen LogP contribution >= 0.6 is 0 Å². The molecule has 0 aliphatic carbocycles. The van der Waals surface area contributed by atoms with Crippen LogP contribution in [0.1, 0.15) is 18.4 Å². The molecule has 2 amide bonds. The molecule has 1 unspecified atom stereocenters. The van der Waals surface area contributed by atoms with E-state index in [1.807, 2.05) is 24.3 Å². The Morgan fingerprint density at radius 1 is 1.46 bits per heavy atom. The normalized spacial score (nSPS) is 17.0. The lowest BCUT2D eigenvalue weighted by atomic mass is 10.1. The molecule has 24 heavy (non-hydrogen) atoms. The molecule has 2 heterocycles. The van der Waals surface area contributed by atoms with Crippen molar-refractivity contribution in [3.05, 3.63) is 36.0 Å². The van der Waals surface area contributed by atoms with Crippen LogP contribution in [0.15, 0.2) is 30.5 Å². The minimum Gasteiger partial charge on any atom is -0.494 e. The number of fused-ring (bicyclic) bond motifs is 1. The summed E-state index contributed by atoms with van der Waals surface area (Å²) in [4.78, 5) is 18.3. The van der Waals surface area contributed by atoms with Crippen molar-refractivity contribution in [1.29, 1.82) is 0 Å². The van der Waals surface area contributed by atoms with Crippen LogP contribution in [-0.4, -0.2) is 49.3 Å². The number of pyridine rings is 1. The standard InChI is InChI=1S/C18H23N3O3/c1-21(18(22)20-11-14-5-4-10-24-14)12-13-7-8-16(23-2)17-15(13)6-3-9-19-17/h3,6-9,14H,4-5,10-12H2,1-2H3,(H,20,22). The van der Waals surface area contributed by atoms with Gasteiger partial charge in [0.2, 0.25) is 0 Å². The number of carbonyl (C=O) groups is 1. The number of amides is 2. The third kappa shape index (κ3) is 3.59. The molecule has 1 aromatic carbocycles. The summed E-state index contributed by atoms with van der Waals surface area (Å²) in [6.07, 6.45) is 3.97. The van der Waals surface area contributed by atoms with Gasteiger partial charge in [-0.15, -0.1) is 0 Å². The molecular weight excluding hydrogens is 306 g/mol.